The van der Waals surface area contributed by atoms with E-state index in [1.54, 1.807) is 23.1 Å². The number of nitrogens with two attached hydrogens (primary N) is 1. The first-order valence-corrected chi connectivity index (χ1v) is 7.17. The highest BCUT2D eigenvalue weighted by Crippen LogP contribution is 2.20. The molecule has 0 saturated carbocycles. The normalized spacial score (nSPS) is 10.2. The summed E-state index contributed by atoms with van der Waals surface area (Å²) in [4.78, 5) is 14.3. The second kappa shape index (κ2) is 8.15. The number of benzene rings is 1. The van der Waals surface area contributed by atoms with Crippen LogP contribution in [0.25, 0.3) is 0 Å². The van der Waals surface area contributed by atoms with Gasteiger partial charge in [0.25, 0.3) is 5.91 Å². The van der Waals surface area contributed by atoms with E-state index in [9.17, 15) is 4.79 Å². The van der Waals surface area contributed by atoms with Crippen molar-refractivity contribution in [1.82, 2.24) is 4.90 Å². The summed E-state index contributed by atoms with van der Waals surface area (Å²) in [6, 6.07) is 7.11. The molecule has 0 aromatic heterocycles. The molecule has 1 rings (SSSR count). The van der Waals surface area contributed by atoms with Crippen LogP contribution < -0.4 is 10.5 Å². The molecule has 114 valence electrons. The number of amides is 1. The maximum Gasteiger partial charge on any atom is 0.254 e. The molecule has 1 amide bonds. The highest BCUT2D eigenvalue weighted by molar-refractivity contribution is 5.95. The highest BCUT2D eigenvalue weighted by Gasteiger charge is 2.18. The molecule has 0 saturated heterocycles. The van der Waals surface area contributed by atoms with Crippen LogP contribution in [0.3, 0.4) is 0 Å². The van der Waals surface area contributed by atoms with Crippen molar-refractivity contribution in [2.75, 3.05) is 25.4 Å². The van der Waals surface area contributed by atoms with Gasteiger partial charge in [0.15, 0.2) is 0 Å². The van der Waals surface area contributed by atoms with E-state index in [1.807, 2.05) is 20.8 Å². The largest absolute Gasteiger partial charge is 0.494 e. The lowest BCUT2D eigenvalue weighted by Gasteiger charge is -2.24. The molecule has 1 aromatic rings. The van der Waals surface area contributed by atoms with Crippen molar-refractivity contribution >= 4 is 11.6 Å². The van der Waals surface area contributed by atoms with E-state index in [4.69, 9.17) is 15.7 Å². The Labute approximate surface area is 126 Å². The lowest BCUT2D eigenvalue weighted by Crippen LogP contribution is -2.35. The Hall–Kier alpha value is -2.22. The third-order valence-corrected chi connectivity index (χ3v) is 2.85. The number of ether oxygens (including phenoxy) is 1. The van der Waals surface area contributed by atoms with Gasteiger partial charge in [-0.25, -0.2) is 0 Å². The number of nitrogens with zero attached hydrogens (tertiary/aromatic N) is 2. The van der Waals surface area contributed by atoms with Crippen LogP contribution in [0.15, 0.2) is 18.2 Å². The van der Waals surface area contributed by atoms with Crippen LogP contribution in [0, 0.1) is 17.2 Å². The van der Waals surface area contributed by atoms with Crippen LogP contribution >= 0.6 is 0 Å². The van der Waals surface area contributed by atoms with Crippen molar-refractivity contribution < 1.29 is 9.53 Å². The van der Waals surface area contributed by atoms with Gasteiger partial charge in [0.05, 0.1) is 19.1 Å². The molecule has 0 bridgehead atoms. The van der Waals surface area contributed by atoms with Gasteiger partial charge >= 0.3 is 0 Å². The molecule has 0 heterocycles. The molecular weight excluding hydrogens is 266 g/mol. The minimum atomic E-state index is -0.118. The summed E-state index contributed by atoms with van der Waals surface area (Å²) in [7, 11) is 0. The van der Waals surface area contributed by atoms with Gasteiger partial charge in [0, 0.05) is 30.4 Å². The molecule has 2 N–H and O–H groups in total. The lowest BCUT2D eigenvalue weighted by atomic mass is 10.1. The highest BCUT2D eigenvalue weighted by atomic mass is 16.5. The van der Waals surface area contributed by atoms with E-state index in [-0.39, 0.29) is 5.91 Å². The molecule has 0 unspecified atom stereocenters. The quantitative estimate of drug-likeness (QED) is 0.783. The van der Waals surface area contributed by atoms with Crippen molar-refractivity contribution in [2.45, 2.75) is 27.2 Å². The monoisotopic (exact) mass is 289 g/mol. The third-order valence-electron chi connectivity index (χ3n) is 2.85. The first kappa shape index (κ1) is 16.8. The van der Waals surface area contributed by atoms with E-state index in [1.165, 1.54) is 0 Å². The molecule has 0 aliphatic heterocycles. The molecule has 0 fully saturated rings. The molecule has 0 atom stereocenters. The first-order valence-electron chi connectivity index (χ1n) is 7.17. The predicted octanol–water partition coefficient (Wildman–Crippen LogP) is 2.68. The fourth-order valence-electron chi connectivity index (χ4n) is 2.08. The summed E-state index contributed by atoms with van der Waals surface area (Å²) in [5.41, 5.74) is 6.82. The van der Waals surface area contributed by atoms with Crippen LogP contribution in [0.1, 0.15) is 37.6 Å². The van der Waals surface area contributed by atoms with Crippen molar-refractivity contribution in [1.29, 1.82) is 5.26 Å². The van der Waals surface area contributed by atoms with E-state index >= 15 is 0 Å². The number of carbonyl (C=O) groups excluding carboxylic acids is 1. The van der Waals surface area contributed by atoms with Crippen molar-refractivity contribution in [3.05, 3.63) is 23.8 Å². The fourth-order valence-corrected chi connectivity index (χ4v) is 2.08. The maximum absolute atomic E-state index is 12.6. The van der Waals surface area contributed by atoms with Crippen molar-refractivity contribution in [3.63, 3.8) is 0 Å². The molecule has 0 aliphatic rings. The van der Waals surface area contributed by atoms with Gasteiger partial charge in [-0.3, -0.25) is 4.79 Å². The van der Waals surface area contributed by atoms with Gasteiger partial charge < -0.3 is 15.4 Å². The zero-order valence-electron chi connectivity index (χ0n) is 12.9. The van der Waals surface area contributed by atoms with E-state index in [2.05, 4.69) is 6.07 Å². The summed E-state index contributed by atoms with van der Waals surface area (Å²) >= 11 is 0. The number of anilines is 1. The lowest BCUT2D eigenvalue weighted by molar-refractivity contribution is 0.0739. The van der Waals surface area contributed by atoms with Crippen LogP contribution in [-0.2, 0) is 0 Å². The Balaban J connectivity index is 2.99. The van der Waals surface area contributed by atoms with E-state index in [0.717, 1.165) is 0 Å². The number of rotatable bonds is 7. The number of carbonyl (C=O) groups is 1. The molecular formula is C16H23N3O2. The van der Waals surface area contributed by atoms with Gasteiger partial charge in [-0.15, -0.1) is 0 Å². The van der Waals surface area contributed by atoms with Crippen LogP contribution in [0.4, 0.5) is 5.69 Å². The zero-order valence-corrected chi connectivity index (χ0v) is 12.9. The summed E-state index contributed by atoms with van der Waals surface area (Å²) in [6.07, 6.45) is 0.319. The molecule has 0 spiro atoms. The maximum atomic E-state index is 12.6. The SMILES string of the molecule is CCOc1cc(N)cc(C(=O)N(CCC#N)CC(C)C)c1. The average molecular weight is 289 g/mol. The van der Waals surface area contributed by atoms with Gasteiger partial charge in [0.2, 0.25) is 0 Å². The smallest absolute Gasteiger partial charge is 0.254 e. The van der Waals surface area contributed by atoms with Crippen LogP contribution in [0.5, 0.6) is 5.75 Å². The summed E-state index contributed by atoms with van der Waals surface area (Å²) in [5.74, 6) is 0.804. The zero-order chi connectivity index (χ0) is 15.8. The summed E-state index contributed by atoms with van der Waals surface area (Å²) in [5, 5.41) is 8.73. The second-order valence-corrected chi connectivity index (χ2v) is 5.28. The molecule has 5 heteroatoms. The standard InChI is InChI=1S/C16H23N3O2/c1-4-21-15-9-13(8-14(18)10-15)16(20)19(7-5-6-17)11-12(2)3/h8-10,12H,4-5,7,11,18H2,1-3H3. The summed E-state index contributed by atoms with van der Waals surface area (Å²) in [6.45, 7) is 7.50. The summed E-state index contributed by atoms with van der Waals surface area (Å²) < 4.78 is 5.42. The van der Waals surface area contributed by atoms with Crippen LogP contribution in [-0.4, -0.2) is 30.5 Å². The van der Waals surface area contributed by atoms with E-state index < -0.39 is 0 Å². The predicted molar refractivity (Wildman–Crippen MR) is 83.0 cm³/mol. The third kappa shape index (κ3) is 5.35. The van der Waals surface area contributed by atoms with E-state index in [0.29, 0.717) is 49.0 Å². The van der Waals surface area contributed by atoms with Gasteiger partial charge in [-0.2, -0.15) is 5.26 Å². The van der Waals surface area contributed by atoms with Gasteiger partial charge in [-0.1, -0.05) is 13.8 Å². The Kier molecular flexibility index (Phi) is 6.54. The molecule has 1 aromatic carbocycles. The number of nitrogen functional groups attached to an aromatic ring is 1. The Morgan fingerprint density at radius 1 is 1.43 bits per heavy atom. The Bertz CT molecular complexity index is 521. The Morgan fingerprint density at radius 2 is 2.14 bits per heavy atom. The topological polar surface area (TPSA) is 79.3 Å². The van der Waals surface area contributed by atoms with Gasteiger partial charge in [0.1, 0.15) is 5.75 Å². The first-order chi connectivity index (χ1) is 9.97. The molecule has 0 aliphatic carbocycles. The van der Waals surface area contributed by atoms with Crippen molar-refractivity contribution in [3.8, 4) is 11.8 Å². The fraction of sp³-hybridized carbons (Fsp3) is 0.500. The molecule has 21 heavy (non-hydrogen) atoms. The molecule has 0 radical (unpaired) electrons. The average Bonchev–Trinajstić information content (AvgIpc) is 2.42. The number of nitriles is 1. The van der Waals surface area contributed by atoms with Gasteiger partial charge in [-0.05, 0) is 25.0 Å². The number of hydrogen-bond acceptors (Lipinski definition) is 4. The second-order valence-electron chi connectivity index (χ2n) is 5.28. The van der Waals surface area contributed by atoms with Crippen molar-refractivity contribution in [2.24, 2.45) is 5.92 Å². The minimum absolute atomic E-state index is 0.118. The Morgan fingerprint density at radius 3 is 2.71 bits per heavy atom. The van der Waals surface area contributed by atoms with Crippen LogP contribution in [0.2, 0.25) is 0 Å². The molecule has 5 nitrogen and oxygen atoms in total. The minimum Gasteiger partial charge on any atom is -0.494 e. The number of hydrogen-bond donors (Lipinski definition) is 1.